The lowest BCUT2D eigenvalue weighted by Crippen LogP contribution is -2.41. The first-order chi connectivity index (χ1) is 11.7. The lowest BCUT2D eigenvalue weighted by Gasteiger charge is -2.27. The standard InChI is InChI=1S/C19H21FN2OS/c20-16-3-1-15(2-4-16)19(7-8-19)18(23)21-9-11-22-10-5-17-14(13-22)6-12-24-17/h1-4,6,12H,5,7-11,13H2,(H,21,23). The number of carbonyl (C=O) groups excluding carboxylic acids is 1. The summed E-state index contributed by atoms with van der Waals surface area (Å²) in [6, 6.07) is 8.57. The highest BCUT2D eigenvalue weighted by Gasteiger charge is 2.51. The Balaban J connectivity index is 1.30. The van der Waals surface area contributed by atoms with Gasteiger partial charge in [0.05, 0.1) is 5.41 Å². The largest absolute Gasteiger partial charge is 0.354 e. The van der Waals surface area contributed by atoms with Crippen LogP contribution >= 0.6 is 11.3 Å². The molecule has 1 amide bonds. The number of nitrogens with zero attached hydrogens (tertiary/aromatic N) is 1. The topological polar surface area (TPSA) is 32.3 Å². The average Bonchev–Trinajstić information content (AvgIpc) is 3.27. The van der Waals surface area contributed by atoms with Gasteiger partial charge in [-0.05, 0) is 54.0 Å². The first-order valence-electron chi connectivity index (χ1n) is 8.49. The van der Waals surface area contributed by atoms with Gasteiger partial charge in [-0.3, -0.25) is 9.69 Å². The van der Waals surface area contributed by atoms with Gasteiger partial charge in [-0.25, -0.2) is 4.39 Å². The number of carbonyl (C=O) groups is 1. The van der Waals surface area contributed by atoms with Crippen molar-refractivity contribution in [1.29, 1.82) is 0 Å². The predicted molar refractivity (Wildman–Crippen MR) is 93.6 cm³/mol. The minimum absolute atomic E-state index is 0.0855. The fourth-order valence-electron chi connectivity index (χ4n) is 3.54. The minimum atomic E-state index is -0.421. The van der Waals surface area contributed by atoms with Crippen LogP contribution in [0.25, 0.3) is 0 Å². The first kappa shape index (κ1) is 15.8. The molecule has 24 heavy (non-hydrogen) atoms. The molecular formula is C19H21FN2OS. The normalized spacial score (nSPS) is 18.9. The first-order valence-corrected chi connectivity index (χ1v) is 9.37. The van der Waals surface area contributed by atoms with E-state index in [9.17, 15) is 9.18 Å². The van der Waals surface area contributed by atoms with Crippen molar-refractivity contribution in [3.8, 4) is 0 Å². The molecule has 0 saturated heterocycles. The maximum absolute atomic E-state index is 13.1. The van der Waals surface area contributed by atoms with Gasteiger partial charge in [0.25, 0.3) is 0 Å². The third-order valence-electron chi connectivity index (χ3n) is 5.18. The Morgan fingerprint density at radius 3 is 2.79 bits per heavy atom. The maximum atomic E-state index is 13.1. The number of benzene rings is 1. The van der Waals surface area contributed by atoms with Gasteiger partial charge < -0.3 is 5.32 Å². The molecule has 5 heteroatoms. The fraction of sp³-hybridized carbons (Fsp3) is 0.421. The summed E-state index contributed by atoms with van der Waals surface area (Å²) in [6.45, 7) is 3.59. The molecule has 2 aliphatic rings. The van der Waals surface area contributed by atoms with E-state index in [0.717, 1.165) is 44.5 Å². The van der Waals surface area contributed by atoms with E-state index in [1.807, 2.05) is 11.3 Å². The summed E-state index contributed by atoms with van der Waals surface area (Å²) >= 11 is 1.84. The summed E-state index contributed by atoms with van der Waals surface area (Å²) in [5, 5.41) is 5.25. The van der Waals surface area contributed by atoms with Crippen molar-refractivity contribution < 1.29 is 9.18 Å². The molecule has 0 radical (unpaired) electrons. The van der Waals surface area contributed by atoms with Crippen LogP contribution in [-0.4, -0.2) is 30.4 Å². The van der Waals surface area contributed by atoms with E-state index in [0.29, 0.717) is 6.54 Å². The summed E-state index contributed by atoms with van der Waals surface area (Å²) < 4.78 is 13.1. The number of hydrogen-bond acceptors (Lipinski definition) is 3. The molecule has 1 aromatic heterocycles. The maximum Gasteiger partial charge on any atom is 0.230 e. The summed E-state index contributed by atoms with van der Waals surface area (Å²) in [5.41, 5.74) is 1.95. The molecule has 2 aromatic rings. The summed E-state index contributed by atoms with van der Waals surface area (Å²) in [4.78, 5) is 16.5. The molecule has 1 aliphatic carbocycles. The van der Waals surface area contributed by atoms with Crippen LogP contribution in [0.4, 0.5) is 4.39 Å². The molecule has 1 fully saturated rings. The highest BCUT2D eigenvalue weighted by atomic mass is 32.1. The number of rotatable bonds is 5. The van der Waals surface area contributed by atoms with Crippen molar-refractivity contribution in [3.63, 3.8) is 0 Å². The minimum Gasteiger partial charge on any atom is -0.354 e. The van der Waals surface area contributed by atoms with Crippen LogP contribution in [0.5, 0.6) is 0 Å². The summed E-state index contributed by atoms with van der Waals surface area (Å²) in [7, 11) is 0. The van der Waals surface area contributed by atoms with E-state index in [4.69, 9.17) is 0 Å². The zero-order valence-electron chi connectivity index (χ0n) is 13.6. The monoisotopic (exact) mass is 344 g/mol. The van der Waals surface area contributed by atoms with Crippen molar-refractivity contribution in [2.45, 2.75) is 31.2 Å². The SMILES string of the molecule is O=C(NCCN1CCc2sccc2C1)C1(c2ccc(F)cc2)CC1. The van der Waals surface area contributed by atoms with Crippen LogP contribution in [0.2, 0.25) is 0 Å². The number of nitrogens with one attached hydrogen (secondary N) is 1. The molecular weight excluding hydrogens is 323 g/mol. The second-order valence-corrected chi connectivity index (χ2v) is 7.74. The molecule has 126 valence electrons. The number of halogens is 1. The van der Waals surface area contributed by atoms with Crippen LogP contribution in [0.15, 0.2) is 35.7 Å². The lowest BCUT2D eigenvalue weighted by molar-refractivity contribution is -0.123. The number of amides is 1. The van der Waals surface area contributed by atoms with E-state index in [1.54, 1.807) is 12.1 Å². The van der Waals surface area contributed by atoms with E-state index in [-0.39, 0.29) is 11.7 Å². The number of fused-ring (bicyclic) bond motifs is 1. The zero-order chi connectivity index (χ0) is 16.6. The molecule has 3 nitrogen and oxygen atoms in total. The molecule has 1 aliphatic heterocycles. The Hall–Kier alpha value is -1.72. The summed E-state index contributed by atoms with van der Waals surface area (Å²) in [5.74, 6) is -0.171. The number of thiophene rings is 1. The molecule has 0 bridgehead atoms. The molecule has 0 atom stereocenters. The van der Waals surface area contributed by atoms with Crippen molar-refractivity contribution >= 4 is 17.2 Å². The van der Waals surface area contributed by atoms with E-state index in [1.165, 1.54) is 22.6 Å². The van der Waals surface area contributed by atoms with Crippen LogP contribution in [0, 0.1) is 5.82 Å². The van der Waals surface area contributed by atoms with Crippen molar-refractivity contribution in [2.75, 3.05) is 19.6 Å². The van der Waals surface area contributed by atoms with E-state index in [2.05, 4.69) is 21.7 Å². The summed E-state index contributed by atoms with van der Waals surface area (Å²) in [6.07, 6.45) is 2.82. The van der Waals surface area contributed by atoms with Gasteiger partial charge in [-0.15, -0.1) is 11.3 Å². The second-order valence-electron chi connectivity index (χ2n) is 6.74. The molecule has 1 saturated carbocycles. The molecule has 1 N–H and O–H groups in total. The number of hydrogen-bond donors (Lipinski definition) is 1. The van der Waals surface area contributed by atoms with Gasteiger partial charge in [-0.2, -0.15) is 0 Å². The van der Waals surface area contributed by atoms with E-state index < -0.39 is 5.41 Å². The second kappa shape index (κ2) is 6.30. The molecule has 2 heterocycles. The Labute approximate surface area is 145 Å². The molecule has 4 rings (SSSR count). The van der Waals surface area contributed by atoms with Crippen LogP contribution in [-0.2, 0) is 23.2 Å². The van der Waals surface area contributed by atoms with Gasteiger partial charge in [0.15, 0.2) is 0 Å². The highest BCUT2D eigenvalue weighted by Crippen LogP contribution is 2.48. The Morgan fingerprint density at radius 1 is 1.25 bits per heavy atom. The van der Waals surface area contributed by atoms with Gasteiger partial charge >= 0.3 is 0 Å². The van der Waals surface area contributed by atoms with Gasteiger partial charge in [-0.1, -0.05) is 12.1 Å². The quantitative estimate of drug-likeness (QED) is 0.904. The van der Waals surface area contributed by atoms with Crippen LogP contribution in [0.1, 0.15) is 28.8 Å². The smallest absolute Gasteiger partial charge is 0.230 e. The lowest BCUT2D eigenvalue weighted by atomic mass is 9.95. The average molecular weight is 344 g/mol. The van der Waals surface area contributed by atoms with Crippen molar-refractivity contribution in [2.24, 2.45) is 0 Å². The van der Waals surface area contributed by atoms with Gasteiger partial charge in [0, 0.05) is 31.1 Å². The molecule has 1 aromatic carbocycles. The third-order valence-corrected chi connectivity index (χ3v) is 6.20. The van der Waals surface area contributed by atoms with Crippen molar-refractivity contribution in [3.05, 3.63) is 57.5 Å². The third kappa shape index (κ3) is 2.98. The van der Waals surface area contributed by atoms with Gasteiger partial charge in [0.2, 0.25) is 5.91 Å². The fourth-order valence-corrected chi connectivity index (χ4v) is 4.42. The van der Waals surface area contributed by atoms with E-state index >= 15 is 0 Å². The van der Waals surface area contributed by atoms with Crippen molar-refractivity contribution in [1.82, 2.24) is 10.2 Å². The highest BCUT2D eigenvalue weighted by molar-refractivity contribution is 7.10. The van der Waals surface area contributed by atoms with Crippen LogP contribution < -0.4 is 5.32 Å². The molecule has 0 spiro atoms. The van der Waals surface area contributed by atoms with Gasteiger partial charge in [0.1, 0.15) is 5.82 Å². The predicted octanol–water partition coefficient (Wildman–Crippen LogP) is 3.09. The zero-order valence-corrected chi connectivity index (χ0v) is 14.4. The Bertz CT molecular complexity index is 736. The molecule has 0 unspecified atom stereocenters. The Morgan fingerprint density at radius 2 is 2.04 bits per heavy atom. The Kier molecular flexibility index (Phi) is 4.14. The van der Waals surface area contributed by atoms with Crippen LogP contribution in [0.3, 0.4) is 0 Å².